The fourth-order valence-corrected chi connectivity index (χ4v) is 2.38. The lowest BCUT2D eigenvalue weighted by Crippen LogP contribution is -2.23. The van der Waals surface area contributed by atoms with Gasteiger partial charge in [0.1, 0.15) is 5.76 Å². The molecule has 0 fully saturated rings. The first-order valence-corrected chi connectivity index (χ1v) is 7.99. The molecule has 0 spiro atoms. The maximum absolute atomic E-state index is 12.9. The van der Waals surface area contributed by atoms with E-state index in [-0.39, 0.29) is 23.7 Å². The molecule has 0 radical (unpaired) electrons. The largest absolute Gasteiger partial charge is 0.467 e. The van der Waals surface area contributed by atoms with Crippen molar-refractivity contribution in [2.24, 2.45) is 0 Å². The van der Waals surface area contributed by atoms with E-state index in [1.165, 1.54) is 24.5 Å². The zero-order valence-electron chi connectivity index (χ0n) is 13.5. The van der Waals surface area contributed by atoms with Crippen molar-refractivity contribution in [3.05, 3.63) is 70.8 Å². The highest BCUT2D eigenvalue weighted by molar-refractivity contribution is 6.31. The summed E-state index contributed by atoms with van der Waals surface area (Å²) >= 11 is 5.58. The minimum atomic E-state index is -4.57. The molecule has 1 amide bonds. The smallest absolute Gasteiger partial charge is 0.417 e. The van der Waals surface area contributed by atoms with Gasteiger partial charge in [-0.2, -0.15) is 13.2 Å². The molecule has 10 heteroatoms. The van der Waals surface area contributed by atoms with Crippen LogP contribution >= 0.6 is 11.6 Å². The van der Waals surface area contributed by atoms with Crippen LogP contribution in [0.4, 0.5) is 24.7 Å². The van der Waals surface area contributed by atoms with Crippen LogP contribution in [0.3, 0.4) is 0 Å². The van der Waals surface area contributed by atoms with Crippen LogP contribution in [0.2, 0.25) is 5.02 Å². The number of nitrogens with zero attached hydrogens (tertiary/aromatic N) is 2. The van der Waals surface area contributed by atoms with Crippen LogP contribution in [0, 0.1) is 0 Å². The second kappa shape index (κ2) is 7.67. The summed E-state index contributed by atoms with van der Waals surface area (Å²) in [5.74, 6) is 0.294. The number of anilines is 2. The molecule has 0 saturated heterocycles. The average molecular weight is 397 g/mol. The maximum atomic E-state index is 12.9. The highest BCUT2D eigenvalue weighted by atomic mass is 35.5. The number of nitrogens with one attached hydrogen (secondary N) is 2. The number of hydrogen-bond donors (Lipinski definition) is 2. The van der Waals surface area contributed by atoms with Crippen LogP contribution in [-0.4, -0.2) is 16.1 Å². The van der Waals surface area contributed by atoms with Crippen molar-refractivity contribution in [3.63, 3.8) is 0 Å². The number of aromatic nitrogens is 2. The van der Waals surface area contributed by atoms with Gasteiger partial charge >= 0.3 is 6.18 Å². The van der Waals surface area contributed by atoms with Gasteiger partial charge in [-0.15, -0.1) is 10.2 Å². The third-order valence-electron chi connectivity index (χ3n) is 3.44. The lowest BCUT2D eigenvalue weighted by Gasteiger charge is -2.12. The third-order valence-corrected chi connectivity index (χ3v) is 3.77. The highest BCUT2D eigenvalue weighted by Gasteiger charge is 2.33. The number of benzene rings is 1. The molecule has 6 nitrogen and oxygen atoms in total. The molecule has 0 atom stereocenters. The summed E-state index contributed by atoms with van der Waals surface area (Å²) in [6.45, 7) is 0.193. The van der Waals surface area contributed by atoms with Crippen LogP contribution in [0.1, 0.15) is 21.8 Å². The van der Waals surface area contributed by atoms with Gasteiger partial charge in [-0.3, -0.25) is 4.79 Å². The molecule has 1 aromatic carbocycles. The Balaban J connectivity index is 1.66. The molecule has 140 valence electrons. The molecule has 0 saturated carbocycles. The van der Waals surface area contributed by atoms with Gasteiger partial charge < -0.3 is 15.1 Å². The van der Waals surface area contributed by atoms with Crippen molar-refractivity contribution in [2.75, 3.05) is 5.32 Å². The second-order valence-corrected chi connectivity index (χ2v) is 5.79. The zero-order chi connectivity index (χ0) is 19.4. The molecule has 0 unspecified atom stereocenters. The molecule has 0 bridgehead atoms. The fraction of sp³-hybridized carbons (Fsp3) is 0.118. The molecular formula is C17H12ClF3N4O2. The predicted molar refractivity (Wildman–Crippen MR) is 91.6 cm³/mol. The number of rotatable bonds is 5. The monoisotopic (exact) mass is 396 g/mol. The minimum absolute atomic E-state index is 0.0548. The Morgan fingerprint density at radius 2 is 1.96 bits per heavy atom. The zero-order valence-corrected chi connectivity index (χ0v) is 14.3. The van der Waals surface area contributed by atoms with Crippen LogP contribution < -0.4 is 10.6 Å². The number of carbonyl (C=O) groups excluding carboxylic acids is 1. The number of amides is 1. The van der Waals surface area contributed by atoms with Crippen LogP contribution in [-0.2, 0) is 12.7 Å². The average Bonchev–Trinajstić information content (AvgIpc) is 3.14. The molecule has 3 aromatic rings. The molecule has 2 N–H and O–H groups in total. The first-order chi connectivity index (χ1) is 12.8. The van der Waals surface area contributed by atoms with Crippen LogP contribution in [0.5, 0.6) is 0 Å². The normalized spacial score (nSPS) is 11.3. The van der Waals surface area contributed by atoms with Gasteiger partial charge in [0.05, 0.1) is 23.4 Å². The first kappa shape index (κ1) is 18.7. The molecular weight excluding hydrogens is 385 g/mol. The topological polar surface area (TPSA) is 80.0 Å². The molecule has 3 rings (SSSR count). The SMILES string of the molecule is O=C(NCc1ccco1)c1ccc(Nc2ccc(Cl)c(C(F)(F)F)c2)nn1. The van der Waals surface area contributed by atoms with Gasteiger partial charge in [-0.05, 0) is 42.5 Å². The Morgan fingerprint density at radius 1 is 1.15 bits per heavy atom. The van der Waals surface area contributed by atoms with E-state index in [0.29, 0.717) is 5.76 Å². The van der Waals surface area contributed by atoms with Gasteiger partial charge in [-0.1, -0.05) is 11.6 Å². The summed E-state index contributed by atoms with van der Waals surface area (Å²) in [7, 11) is 0. The van der Waals surface area contributed by atoms with E-state index in [2.05, 4.69) is 20.8 Å². The first-order valence-electron chi connectivity index (χ1n) is 7.61. The molecule has 0 aliphatic carbocycles. The van der Waals surface area contributed by atoms with E-state index in [9.17, 15) is 18.0 Å². The van der Waals surface area contributed by atoms with Crippen molar-refractivity contribution in [1.29, 1.82) is 0 Å². The number of hydrogen-bond acceptors (Lipinski definition) is 5. The Bertz CT molecular complexity index is 928. The van der Waals surface area contributed by atoms with Gasteiger partial charge in [0.25, 0.3) is 5.91 Å². The highest BCUT2D eigenvalue weighted by Crippen LogP contribution is 2.36. The summed E-state index contributed by atoms with van der Waals surface area (Å²) in [5, 5.41) is 12.4. The summed E-state index contributed by atoms with van der Waals surface area (Å²) in [4.78, 5) is 12.0. The standard InChI is InChI=1S/C17H12ClF3N4O2/c18-13-4-3-10(8-12(13)17(19,20)21)23-15-6-5-14(24-25-15)16(26)22-9-11-2-1-7-27-11/h1-8H,9H2,(H,22,26)(H,23,25). The van der Waals surface area contributed by atoms with Crippen LogP contribution in [0.15, 0.2) is 53.1 Å². The van der Waals surface area contributed by atoms with Crippen molar-refractivity contribution >= 4 is 29.0 Å². The Kier molecular flexibility index (Phi) is 5.31. The maximum Gasteiger partial charge on any atom is 0.417 e. The van der Waals surface area contributed by atoms with Crippen molar-refractivity contribution in [2.45, 2.75) is 12.7 Å². The Labute approximate surface area is 156 Å². The molecule has 0 aliphatic heterocycles. The quantitative estimate of drug-likeness (QED) is 0.667. The third kappa shape index (κ3) is 4.76. The molecule has 27 heavy (non-hydrogen) atoms. The number of carbonyl (C=O) groups is 1. The van der Waals surface area contributed by atoms with E-state index in [1.807, 2.05) is 0 Å². The van der Waals surface area contributed by atoms with Crippen molar-refractivity contribution < 1.29 is 22.4 Å². The lowest BCUT2D eigenvalue weighted by molar-refractivity contribution is -0.137. The van der Waals surface area contributed by atoms with Gasteiger partial charge in [0.15, 0.2) is 11.5 Å². The summed E-state index contributed by atoms with van der Waals surface area (Å²) in [5.41, 5.74) is -0.772. The predicted octanol–water partition coefficient (Wildman–Crippen LogP) is 4.42. The summed E-state index contributed by atoms with van der Waals surface area (Å²) < 4.78 is 43.8. The summed E-state index contributed by atoms with van der Waals surface area (Å²) in [6, 6.07) is 9.61. The lowest BCUT2D eigenvalue weighted by atomic mass is 10.2. The molecule has 2 heterocycles. The summed E-state index contributed by atoms with van der Waals surface area (Å²) in [6.07, 6.45) is -3.08. The van der Waals surface area contributed by atoms with E-state index >= 15 is 0 Å². The molecule has 2 aromatic heterocycles. The van der Waals surface area contributed by atoms with Crippen molar-refractivity contribution in [3.8, 4) is 0 Å². The van der Waals surface area contributed by atoms with E-state index in [0.717, 1.165) is 12.1 Å². The van der Waals surface area contributed by atoms with E-state index in [4.69, 9.17) is 16.0 Å². The van der Waals surface area contributed by atoms with E-state index < -0.39 is 22.7 Å². The Morgan fingerprint density at radius 3 is 2.59 bits per heavy atom. The van der Waals surface area contributed by atoms with Crippen LogP contribution in [0.25, 0.3) is 0 Å². The van der Waals surface area contributed by atoms with Gasteiger partial charge in [0, 0.05) is 5.69 Å². The number of halogens is 4. The van der Waals surface area contributed by atoms with Gasteiger partial charge in [0.2, 0.25) is 0 Å². The number of alkyl halides is 3. The molecule has 0 aliphatic rings. The van der Waals surface area contributed by atoms with Crippen molar-refractivity contribution in [1.82, 2.24) is 15.5 Å². The van der Waals surface area contributed by atoms with Gasteiger partial charge in [-0.25, -0.2) is 0 Å². The second-order valence-electron chi connectivity index (χ2n) is 5.38. The fourth-order valence-electron chi connectivity index (χ4n) is 2.16. The number of furan rings is 1. The Hall–Kier alpha value is -3.07. The van der Waals surface area contributed by atoms with E-state index in [1.54, 1.807) is 12.1 Å². The minimum Gasteiger partial charge on any atom is -0.467 e.